The van der Waals surface area contributed by atoms with Gasteiger partial charge in [0.15, 0.2) is 0 Å². The van der Waals surface area contributed by atoms with Crippen molar-refractivity contribution in [3.8, 4) is 27.0 Å². The number of benzene rings is 2. The molecule has 8 rings (SSSR count). The number of hydrogen-bond acceptors (Lipinski definition) is 17. The van der Waals surface area contributed by atoms with E-state index >= 15 is 0 Å². The van der Waals surface area contributed by atoms with E-state index < -0.39 is 22.4 Å². The minimum Gasteiger partial charge on any atom is -0.427 e. The fourth-order valence-corrected chi connectivity index (χ4v) is 9.80. The number of nitriles is 1. The first-order valence-electron chi connectivity index (χ1n) is 19.6. The van der Waals surface area contributed by atoms with Gasteiger partial charge in [-0.3, -0.25) is 4.98 Å². The predicted molar refractivity (Wildman–Crippen MR) is 274 cm³/mol. The van der Waals surface area contributed by atoms with Crippen LogP contribution in [0.5, 0.6) is 0 Å². The van der Waals surface area contributed by atoms with Crippen molar-refractivity contribution in [2.45, 2.75) is 85.2 Å². The summed E-state index contributed by atoms with van der Waals surface area (Å²) in [5, 5.41) is 35.2. The number of rotatable bonds is 14. The van der Waals surface area contributed by atoms with Crippen LogP contribution in [0.15, 0.2) is 71.7 Å². The summed E-state index contributed by atoms with van der Waals surface area (Å²) in [6.07, 6.45) is 7.17. The van der Waals surface area contributed by atoms with Gasteiger partial charge in [-0.05, 0) is 103 Å². The molecular weight excluding hydrogens is 931 g/mol. The van der Waals surface area contributed by atoms with Crippen molar-refractivity contribution in [1.82, 2.24) is 27.5 Å². The van der Waals surface area contributed by atoms with Crippen molar-refractivity contribution < 1.29 is 19.5 Å². The molecule has 20 heteroatoms. The second-order valence-corrected chi connectivity index (χ2v) is 21.4. The highest BCUT2D eigenvalue weighted by molar-refractivity contribution is 7.17. The number of fused-ring (bicyclic) bond motifs is 2. The van der Waals surface area contributed by atoms with Crippen LogP contribution in [0.1, 0.15) is 82.6 Å². The molecule has 8 aromatic rings. The molecule has 2 N–H and O–H groups in total. The third-order valence-corrected chi connectivity index (χ3v) is 15.5. The lowest BCUT2D eigenvalue weighted by atomic mass is 9.77. The second-order valence-electron chi connectivity index (χ2n) is 16.3. The normalized spacial score (nSPS) is 12.6. The van der Waals surface area contributed by atoms with Crippen LogP contribution in [0, 0.1) is 17.9 Å². The molecule has 6 aromatic heterocycles. The Morgan fingerprint density at radius 2 is 1.11 bits per heavy atom. The maximum absolute atomic E-state index is 10.2. The fraction of sp³-hybridized carbons (Fsp3) is 0.289. The fourth-order valence-electron chi connectivity index (χ4n) is 5.49. The topological polar surface area (TPSA) is 164 Å². The minimum atomic E-state index is -1.01. The molecule has 2 radical (unpaired) electrons. The Morgan fingerprint density at radius 1 is 0.662 bits per heavy atom. The molecular formula is C45H44B2N8O4S6. The zero-order chi connectivity index (χ0) is 45.9. The number of hydrogen-bond donors (Lipinski definition) is 2. The first kappa shape index (κ1) is 49.6. The van der Waals surface area contributed by atoms with Gasteiger partial charge in [-0.15, -0.1) is 45.3 Å². The van der Waals surface area contributed by atoms with Gasteiger partial charge in [-0.1, -0.05) is 31.7 Å². The molecule has 0 aliphatic heterocycles. The summed E-state index contributed by atoms with van der Waals surface area (Å²) in [6.45, 7) is 21.7. The van der Waals surface area contributed by atoms with E-state index in [0.29, 0.717) is 27.3 Å². The molecule has 0 fully saturated rings. The lowest BCUT2D eigenvalue weighted by molar-refractivity contribution is -0.0893. The Kier molecular flexibility index (Phi) is 15.5. The molecule has 0 aliphatic carbocycles. The van der Waals surface area contributed by atoms with Crippen LogP contribution >= 0.6 is 68.8 Å². The lowest BCUT2D eigenvalue weighted by Gasteiger charge is -2.37. The van der Waals surface area contributed by atoms with E-state index in [1.54, 1.807) is 77.7 Å². The van der Waals surface area contributed by atoms with Crippen LogP contribution in [0.3, 0.4) is 0 Å². The summed E-state index contributed by atoms with van der Waals surface area (Å²) < 4.78 is 29.7. The average molecular weight is 975 g/mol. The molecule has 2 aromatic carbocycles. The molecule has 0 aliphatic rings. The standard InChI is InChI=1S/C26H12N6S5.C18H28B2N2O4S.CH4/c1-28-20(26-30-9-11-34-26)13-17-3-7-22(36-17)19-5-4-18(23-24(19)32-37-31-23)21-6-2-16(35-21)12-15(14-27)25-29-8-10-33-25;1-15(2,23)17(5,6)25-19-11-9-10-12(14-13(11)21-27-22-14)20-26-18(7,8)16(3,4)24;/h2-13H;9-10,23-24H,1-8H3;1H4/b15-12+,20-13-;;. The van der Waals surface area contributed by atoms with Crippen molar-refractivity contribution in [2.75, 3.05) is 0 Å². The highest BCUT2D eigenvalue weighted by Crippen LogP contribution is 2.40. The summed E-state index contributed by atoms with van der Waals surface area (Å²) in [5.41, 5.74) is 4.23. The number of thiazole rings is 2. The molecule has 6 heterocycles. The summed E-state index contributed by atoms with van der Waals surface area (Å²) in [5.74, 6) is 0. The summed E-state index contributed by atoms with van der Waals surface area (Å²) in [7, 11) is 3.21. The van der Waals surface area contributed by atoms with E-state index in [-0.39, 0.29) is 7.43 Å². The van der Waals surface area contributed by atoms with Crippen molar-refractivity contribution in [1.29, 1.82) is 5.26 Å². The van der Waals surface area contributed by atoms with Gasteiger partial charge in [0.1, 0.15) is 38.2 Å². The number of thiophene rings is 2. The highest BCUT2D eigenvalue weighted by Gasteiger charge is 2.37. The molecule has 12 nitrogen and oxygen atoms in total. The summed E-state index contributed by atoms with van der Waals surface area (Å²) >= 11 is 8.44. The van der Waals surface area contributed by atoms with Gasteiger partial charge in [0.05, 0.1) is 58.0 Å². The molecule has 0 atom stereocenters. The lowest BCUT2D eigenvalue weighted by Crippen LogP contribution is -2.49. The zero-order valence-corrected chi connectivity index (χ0v) is 40.9. The molecule has 0 unspecified atom stereocenters. The Morgan fingerprint density at radius 3 is 1.52 bits per heavy atom. The number of nitrogens with zero attached hydrogens (tertiary/aromatic N) is 8. The smallest absolute Gasteiger partial charge is 0.333 e. The second kappa shape index (κ2) is 20.4. The van der Waals surface area contributed by atoms with E-state index in [2.05, 4.69) is 62.6 Å². The molecule has 330 valence electrons. The Labute approximate surface area is 404 Å². The van der Waals surface area contributed by atoms with Gasteiger partial charge in [0, 0.05) is 53.8 Å². The van der Waals surface area contributed by atoms with Crippen molar-refractivity contribution in [2.24, 2.45) is 0 Å². The number of allylic oxidation sites excluding steroid dienone is 1. The third kappa shape index (κ3) is 11.2. The zero-order valence-electron chi connectivity index (χ0n) is 36.0. The monoisotopic (exact) mass is 974 g/mol. The van der Waals surface area contributed by atoms with Gasteiger partial charge >= 0.3 is 15.0 Å². The van der Waals surface area contributed by atoms with Gasteiger partial charge in [0.2, 0.25) is 5.70 Å². The molecule has 0 amide bonds. The number of aliphatic hydroxyl groups is 2. The van der Waals surface area contributed by atoms with Crippen LogP contribution in [-0.2, 0) is 9.31 Å². The van der Waals surface area contributed by atoms with Gasteiger partial charge in [-0.2, -0.15) is 22.8 Å². The van der Waals surface area contributed by atoms with Gasteiger partial charge in [-0.25, -0.2) is 9.83 Å². The SMILES string of the molecule is C.CC(C)(O)C(C)(C)O[B]c1ccc([B]OC(C)(C)C(C)(C)O)c2nsnc12.[C-]#[N+]/C(=C\c1ccc(-c2ccc(-c3ccc(/C=C(\C#N)c4nccs4)s3)c3nsnc23)s1)c1nccs1. The molecule has 0 saturated carbocycles. The number of aromatic nitrogens is 6. The van der Waals surface area contributed by atoms with E-state index in [4.69, 9.17) is 15.9 Å². The average Bonchev–Trinajstić information content (AvgIpc) is 4.10. The minimum absolute atomic E-state index is 0. The van der Waals surface area contributed by atoms with Crippen LogP contribution in [0.4, 0.5) is 0 Å². The predicted octanol–water partition coefficient (Wildman–Crippen LogP) is 10.5. The van der Waals surface area contributed by atoms with Crippen molar-refractivity contribution in [3.05, 3.63) is 103 Å². The maximum Gasteiger partial charge on any atom is 0.333 e. The van der Waals surface area contributed by atoms with E-state index in [0.717, 1.165) is 69.3 Å². The summed E-state index contributed by atoms with van der Waals surface area (Å²) in [4.78, 5) is 16.3. The first-order valence-corrected chi connectivity index (χ1v) is 24.4. The molecule has 0 saturated heterocycles. The van der Waals surface area contributed by atoms with E-state index in [1.807, 2.05) is 74.9 Å². The Hall–Kier alpha value is -4.83. The van der Waals surface area contributed by atoms with Crippen LogP contribution < -0.4 is 10.9 Å². The Bertz CT molecular complexity index is 2830. The summed E-state index contributed by atoms with van der Waals surface area (Å²) in [6, 6.07) is 18.3. The third-order valence-electron chi connectivity index (χ3n) is 10.7. The first-order chi connectivity index (χ1) is 30.4. The molecule has 0 bridgehead atoms. The van der Waals surface area contributed by atoms with E-state index in [1.165, 1.54) is 34.4 Å². The molecule has 65 heavy (non-hydrogen) atoms. The van der Waals surface area contributed by atoms with Crippen LogP contribution in [0.2, 0.25) is 0 Å². The highest BCUT2D eigenvalue weighted by atomic mass is 32.1. The maximum atomic E-state index is 10.2. The van der Waals surface area contributed by atoms with Crippen molar-refractivity contribution in [3.63, 3.8) is 0 Å². The van der Waals surface area contributed by atoms with Gasteiger partial charge in [0.25, 0.3) is 0 Å². The van der Waals surface area contributed by atoms with Crippen LogP contribution in [0.25, 0.3) is 71.2 Å². The van der Waals surface area contributed by atoms with Gasteiger partial charge < -0.3 is 19.5 Å². The van der Waals surface area contributed by atoms with Crippen LogP contribution in [-0.4, -0.2) is 75.0 Å². The molecule has 0 spiro atoms. The largest absolute Gasteiger partial charge is 0.427 e. The van der Waals surface area contributed by atoms with Crippen molar-refractivity contribution >= 4 is 140 Å². The quantitative estimate of drug-likeness (QED) is 0.0605. The Balaban J connectivity index is 0.000000224. The van der Waals surface area contributed by atoms with E-state index in [9.17, 15) is 15.5 Å².